The number of rotatable bonds is 1. The number of hydrogen-bond donors (Lipinski definition) is 1. The van der Waals surface area contributed by atoms with Crippen molar-refractivity contribution in [2.24, 2.45) is 0 Å². The van der Waals surface area contributed by atoms with E-state index in [0.717, 1.165) is 22.9 Å². The van der Waals surface area contributed by atoms with Gasteiger partial charge in [0.2, 0.25) is 0 Å². The highest BCUT2D eigenvalue weighted by molar-refractivity contribution is 9.10. The van der Waals surface area contributed by atoms with Crippen molar-refractivity contribution in [3.63, 3.8) is 0 Å². The van der Waals surface area contributed by atoms with Crippen LogP contribution in [0, 0.1) is 12.3 Å². The second-order valence-electron chi connectivity index (χ2n) is 3.37. The number of halogens is 1. The zero-order valence-electron chi connectivity index (χ0n) is 7.05. The highest BCUT2D eigenvalue weighted by atomic mass is 79.9. The first kappa shape index (κ1) is 8.65. The predicted molar refractivity (Wildman–Crippen MR) is 55.6 cm³/mol. The van der Waals surface area contributed by atoms with Crippen molar-refractivity contribution in [2.75, 3.05) is 0 Å². The average Bonchev–Trinajstić information content (AvgIpc) is 2.90. The van der Waals surface area contributed by atoms with Crippen molar-refractivity contribution in [2.45, 2.75) is 18.3 Å². The molecule has 0 saturated heterocycles. The van der Waals surface area contributed by atoms with E-state index in [4.69, 9.17) is 6.42 Å². The molecule has 1 saturated carbocycles. The maximum Gasteiger partial charge on any atom is 0.130 e. The summed E-state index contributed by atoms with van der Waals surface area (Å²) >= 11 is 3.35. The number of aromatic hydroxyl groups is 1. The Labute approximate surface area is 85.9 Å². The van der Waals surface area contributed by atoms with Crippen LogP contribution in [0.2, 0.25) is 0 Å². The third kappa shape index (κ3) is 1.24. The Hall–Kier alpha value is -0.940. The predicted octanol–water partition coefficient (Wildman–Crippen LogP) is 2.82. The fourth-order valence-corrected chi connectivity index (χ4v) is 2.15. The molecule has 1 N–H and O–H groups in total. The molecule has 0 spiro atoms. The molecule has 0 atom stereocenters. The number of phenolic OH excluding ortho intramolecular Hbond substituents is 1. The van der Waals surface area contributed by atoms with Gasteiger partial charge in [0.25, 0.3) is 0 Å². The van der Waals surface area contributed by atoms with Gasteiger partial charge in [-0.25, -0.2) is 0 Å². The topological polar surface area (TPSA) is 20.2 Å². The van der Waals surface area contributed by atoms with E-state index in [1.165, 1.54) is 0 Å². The van der Waals surface area contributed by atoms with Crippen molar-refractivity contribution >= 4 is 15.9 Å². The lowest BCUT2D eigenvalue weighted by molar-refractivity contribution is 0.470. The Morgan fingerprint density at radius 2 is 2.15 bits per heavy atom. The Morgan fingerprint density at radius 3 is 2.69 bits per heavy atom. The molecule has 0 amide bonds. The van der Waals surface area contributed by atoms with E-state index in [9.17, 15) is 5.11 Å². The molecule has 0 aliphatic heterocycles. The van der Waals surface area contributed by atoms with Crippen LogP contribution in [0.1, 0.15) is 18.4 Å². The first-order valence-corrected chi connectivity index (χ1v) is 4.95. The summed E-state index contributed by atoms with van der Waals surface area (Å²) in [4.78, 5) is 0. The molecule has 1 nitrogen and oxygen atoms in total. The van der Waals surface area contributed by atoms with Gasteiger partial charge in [-0.3, -0.25) is 0 Å². The molecule has 0 bridgehead atoms. The second kappa shape index (κ2) is 2.78. The molecular weight excluding hydrogens is 228 g/mol. The Morgan fingerprint density at radius 1 is 1.46 bits per heavy atom. The zero-order valence-corrected chi connectivity index (χ0v) is 8.63. The van der Waals surface area contributed by atoms with Crippen LogP contribution in [0.3, 0.4) is 0 Å². The monoisotopic (exact) mass is 236 g/mol. The van der Waals surface area contributed by atoms with Crippen molar-refractivity contribution in [3.8, 4) is 18.1 Å². The fraction of sp³-hybridized carbons (Fsp3) is 0.273. The number of terminal acetylenes is 1. The van der Waals surface area contributed by atoms with Gasteiger partial charge in [-0.1, -0.05) is 18.1 Å². The number of benzene rings is 1. The smallest absolute Gasteiger partial charge is 0.130 e. The Bertz CT molecular complexity index is 386. The van der Waals surface area contributed by atoms with Gasteiger partial charge < -0.3 is 5.11 Å². The van der Waals surface area contributed by atoms with E-state index in [1.807, 2.05) is 12.1 Å². The van der Waals surface area contributed by atoms with E-state index in [2.05, 4.69) is 21.9 Å². The van der Waals surface area contributed by atoms with E-state index in [-0.39, 0.29) is 11.2 Å². The minimum atomic E-state index is -0.114. The zero-order chi connectivity index (χ0) is 9.47. The quantitative estimate of drug-likeness (QED) is 0.744. The SMILES string of the molecule is C#CC1(c2cccc(O)c2Br)CC1. The molecule has 0 aromatic heterocycles. The molecule has 0 unspecified atom stereocenters. The molecule has 1 aromatic rings. The fourth-order valence-electron chi connectivity index (χ4n) is 1.51. The first-order valence-electron chi connectivity index (χ1n) is 4.15. The van der Waals surface area contributed by atoms with Gasteiger partial charge in [0, 0.05) is 0 Å². The molecule has 0 heterocycles. The summed E-state index contributed by atoms with van der Waals surface area (Å²) in [5.74, 6) is 3.06. The van der Waals surface area contributed by atoms with Gasteiger partial charge in [-0.2, -0.15) is 0 Å². The molecule has 1 aromatic carbocycles. The summed E-state index contributed by atoms with van der Waals surface area (Å²) in [6.07, 6.45) is 7.51. The maximum absolute atomic E-state index is 9.47. The summed E-state index contributed by atoms with van der Waals surface area (Å²) in [6.45, 7) is 0. The van der Waals surface area contributed by atoms with Gasteiger partial charge in [0.1, 0.15) is 5.75 Å². The first-order chi connectivity index (χ1) is 6.19. The summed E-state index contributed by atoms with van der Waals surface area (Å²) < 4.78 is 0.741. The van der Waals surface area contributed by atoms with Crippen LogP contribution in [-0.4, -0.2) is 5.11 Å². The minimum Gasteiger partial charge on any atom is -0.507 e. The standard InChI is InChI=1S/C11H9BrO/c1-2-11(6-7-11)8-4-3-5-9(13)10(8)12/h1,3-5,13H,6-7H2. The van der Waals surface area contributed by atoms with Crippen LogP contribution >= 0.6 is 15.9 Å². The molecule has 1 aliphatic rings. The molecule has 2 rings (SSSR count). The van der Waals surface area contributed by atoms with Crippen molar-refractivity contribution < 1.29 is 5.11 Å². The van der Waals surface area contributed by atoms with Crippen molar-refractivity contribution in [1.29, 1.82) is 0 Å². The van der Waals surface area contributed by atoms with Crippen LogP contribution in [-0.2, 0) is 5.41 Å². The van der Waals surface area contributed by atoms with Crippen molar-refractivity contribution in [1.82, 2.24) is 0 Å². The van der Waals surface area contributed by atoms with E-state index in [1.54, 1.807) is 6.07 Å². The highest BCUT2D eigenvalue weighted by Crippen LogP contribution is 2.51. The van der Waals surface area contributed by atoms with Crippen LogP contribution in [0.5, 0.6) is 5.75 Å². The highest BCUT2D eigenvalue weighted by Gasteiger charge is 2.44. The lowest BCUT2D eigenvalue weighted by Crippen LogP contribution is -2.03. The number of phenols is 1. The molecule has 1 aliphatic carbocycles. The molecule has 0 radical (unpaired) electrons. The average molecular weight is 237 g/mol. The maximum atomic E-state index is 9.47. The summed E-state index contributed by atoms with van der Waals surface area (Å²) in [7, 11) is 0. The third-order valence-corrected chi connectivity index (χ3v) is 3.35. The lowest BCUT2D eigenvalue weighted by Gasteiger charge is -2.10. The molecule has 13 heavy (non-hydrogen) atoms. The summed E-state index contributed by atoms with van der Waals surface area (Å²) in [5.41, 5.74) is 0.924. The van der Waals surface area contributed by atoms with Gasteiger partial charge in [0.05, 0.1) is 9.89 Å². The summed E-state index contributed by atoms with van der Waals surface area (Å²) in [5, 5.41) is 9.47. The van der Waals surface area contributed by atoms with Crippen LogP contribution in [0.25, 0.3) is 0 Å². The lowest BCUT2D eigenvalue weighted by atomic mass is 9.97. The molecule has 66 valence electrons. The molecular formula is C11H9BrO. The Balaban J connectivity index is 2.54. The third-order valence-electron chi connectivity index (χ3n) is 2.52. The van der Waals surface area contributed by atoms with Gasteiger partial charge in [0.15, 0.2) is 0 Å². The van der Waals surface area contributed by atoms with Crippen LogP contribution in [0.4, 0.5) is 0 Å². The molecule has 1 fully saturated rings. The Kier molecular flexibility index (Phi) is 1.85. The molecule has 2 heteroatoms. The minimum absolute atomic E-state index is 0.114. The van der Waals surface area contributed by atoms with Crippen molar-refractivity contribution in [3.05, 3.63) is 28.2 Å². The van der Waals surface area contributed by atoms with Gasteiger partial charge in [-0.05, 0) is 40.4 Å². The van der Waals surface area contributed by atoms with Gasteiger partial charge >= 0.3 is 0 Å². The van der Waals surface area contributed by atoms with E-state index in [0.29, 0.717) is 0 Å². The second-order valence-corrected chi connectivity index (χ2v) is 4.16. The van der Waals surface area contributed by atoms with E-state index >= 15 is 0 Å². The largest absolute Gasteiger partial charge is 0.507 e. The van der Waals surface area contributed by atoms with Gasteiger partial charge in [-0.15, -0.1) is 6.42 Å². The summed E-state index contributed by atoms with van der Waals surface area (Å²) in [6, 6.07) is 5.45. The van der Waals surface area contributed by atoms with E-state index < -0.39 is 0 Å². The van der Waals surface area contributed by atoms with Crippen LogP contribution in [0.15, 0.2) is 22.7 Å². The van der Waals surface area contributed by atoms with Crippen LogP contribution < -0.4 is 0 Å². The normalized spacial score (nSPS) is 17.8. The number of hydrogen-bond acceptors (Lipinski definition) is 1.